The number of nitrogens with zero attached hydrogens (tertiary/aromatic N) is 1. The van der Waals surface area contributed by atoms with E-state index in [4.69, 9.17) is 0 Å². The van der Waals surface area contributed by atoms with Crippen molar-refractivity contribution in [3.63, 3.8) is 0 Å². The Morgan fingerprint density at radius 1 is 1.41 bits per heavy atom. The smallest absolute Gasteiger partial charge is 0.122 e. The zero-order valence-corrected chi connectivity index (χ0v) is 11.0. The van der Waals surface area contributed by atoms with Crippen LogP contribution in [0.4, 0.5) is 0 Å². The zero-order valence-electron chi connectivity index (χ0n) is 10.2. The van der Waals surface area contributed by atoms with Gasteiger partial charge in [-0.2, -0.15) is 0 Å². The topological polar surface area (TPSA) is 33.1 Å². The Morgan fingerprint density at radius 3 is 2.88 bits per heavy atom. The van der Waals surface area contributed by atoms with Crippen LogP contribution in [0.15, 0.2) is 29.6 Å². The fraction of sp³-hybridized carbons (Fsp3) is 0.357. The maximum atomic E-state index is 10.2. The molecule has 1 aromatic heterocycles. The molecule has 2 nitrogen and oxygen atoms in total. The van der Waals surface area contributed by atoms with Gasteiger partial charge >= 0.3 is 0 Å². The number of rotatable bonds is 4. The summed E-state index contributed by atoms with van der Waals surface area (Å²) >= 11 is 1.57. The number of aliphatic hydroxyl groups is 1. The number of aromatic nitrogens is 1. The van der Waals surface area contributed by atoms with Gasteiger partial charge in [0.25, 0.3) is 0 Å². The van der Waals surface area contributed by atoms with E-state index in [1.807, 2.05) is 24.4 Å². The van der Waals surface area contributed by atoms with Crippen molar-refractivity contribution < 1.29 is 5.11 Å². The van der Waals surface area contributed by atoms with Crippen molar-refractivity contribution >= 4 is 11.3 Å². The first-order valence-electron chi connectivity index (χ1n) is 5.89. The van der Waals surface area contributed by atoms with E-state index in [0.717, 1.165) is 29.1 Å². The number of aliphatic hydroxyl groups excluding tert-OH is 1. The average molecular weight is 247 g/mol. The van der Waals surface area contributed by atoms with Gasteiger partial charge in [0.15, 0.2) is 0 Å². The molecule has 0 amide bonds. The lowest BCUT2D eigenvalue weighted by atomic mass is 10.0. The van der Waals surface area contributed by atoms with Gasteiger partial charge in [-0.1, -0.05) is 37.6 Å². The van der Waals surface area contributed by atoms with Gasteiger partial charge in [-0.05, 0) is 24.5 Å². The predicted octanol–water partition coefficient (Wildman–Crippen LogP) is 3.49. The van der Waals surface area contributed by atoms with Crippen LogP contribution in [0, 0.1) is 6.92 Å². The second-order valence-corrected chi connectivity index (χ2v) is 5.25. The molecule has 1 aromatic carbocycles. The Kier molecular flexibility index (Phi) is 3.92. The Hall–Kier alpha value is -1.19. The van der Waals surface area contributed by atoms with Crippen molar-refractivity contribution in [2.75, 3.05) is 0 Å². The second-order valence-electron chi connectivity index (χ2n) is 4.19. The van der Waals surface area contributed by atoms with Gasteiger partial charge in [-0.3, -0.25) is 0 Å². The van der Waals surface area contributed by atoms with Crippen molar-refractivity contribution in [2.45, 2.75) is 32.8 Å². The summed E-state index contributed by atoms with van der Waals surface area (Å²) < 4.78 is 0. The third-order valence-electron chi connectivity index (χ3n) is 2.72. The van der Waals surface area contributed by atoms with Crippen LogP contribution in [0.3, 0.4) is 0 Å². The minimum atomic E-state index is -0.600. The molecule has 90 valence electrons. The van der Waals surface area contributed by atoms with E-state index < -0.39 is 6.10 Å². The molecule has 0 aliphatic heterocycles. The van der Waals surface area contributed by atoms with Crippen LogP contribution in [-0.4, -0.2) is 10.1 Å². The molecule has 1 heterocycles. The van der Waals surface area contributed by atoms with Gasteiger partial charge in [0.2, 0.25) is 0 Å². The molecule has 0 aliphatic rings. The fourth-order valence-corrected chi connectivity index (χ4v) is 2.51. The van der Waals surface area contributed by atoms with Crippen LogP contribution < -0.4 is 0 Å². The molecule has 2 rings (SSSR count). The van der Waals surface area contributed by atoms with Gasteiger partial charge < -0.3 is 5.11 Å². The predicted molar refractivity (Wildman–Crippen MR) is 71.3 cm³/mol. The van der Waals surface area contributed by atoms with Crippen molar-refractivity contribution in [3.05, 3.63) is 51.5 Å². The highest BCUT2D eigenvalue weighted by Gasteiger charge is 2.13. The Morgan fingerprint density at radius 2 is 2.24 bits per heavy atom. The fourth-order valence-electron chi connectivity index (χ4n) is 1.88. The maximum absolute atomic E-state index is 10.2. The van der Waals surface area contributed by atoms with E-state index in [-0.39, 0.29) is 0 Å². The molecule has 0 aliphatic carbocycles. The Bertz CT molecular complexity index is 492. The van der Waals surface area contributed by atoms with Gasteiger partial charge in [-0.25, -0.2) is 4.98 Å². The largest absolute Gasteiger partial charge is 0.382 e. The van der Waals surface area contributed by atoms with Gasteiger partial charge in [0, 0.05) is 5.38 Å². The highest BCUT2D eigenvalue weighted by Crippen LogP contribution is 2.24. The molecule has 0 spiro atoms. The monoisotopic (exact) mass is 247 g/mol. The van der Waals surface area contributed by atoms with Crippen LogP contribution in [0.25, 0.3) is 0 Å². The number of hydrogen-bond donors (Lipinski definition) is 1. The highest BCUT2D eigenvalue weighted by atomic mass is 32.1. The molecule has 0 fully saturated rings. The van der Waals surface area contributed by atoms with Crippen LogP contribution >= 0.6 is 11.3 Å². The quantitative estimate of drug-likeness (QED) is 0.897. The van der Waals surface area contributed by atoms with E-state index in [0.29, 0.717) is 0 Å². The molecule has 0 saturated heterocycles. The van der Waals surface area contributed by atoms with E-state index in [9.17, 15) is 5.11 Å². The number of aryl methyl sites for hydroxylation is 2. The minimum absolute atomic E-state index is 0.600. The van der Waals surface area contributed by atoms with Crippen LogP contribution in [0.5, 0.6) is 0 Å². The molecule has 3 heteroatoms. The molecular weight excluding hydrogens is 230 g/mol. The molecule has 0 radical (unpaired) electrons. The standard InChI is InChI=1S/C14H17NOS/c1-3-5-11-6-4-7-12(8-11)14(16)13-9-17-10(2)15-13/h4,6-9,14,16H,3,5H2,1-2H3. The summed E-state index contributed by atoms with van der Waals surface area (Å²) in [6.45, 7) is 4.11. The molecule has 1 atom stereocenters. The van der Waals surface area contributed by atoms with Crippen LogP contribution in [0.2, 0.25) is 0 Å². The SMILES string of the molecule is CCCc1cccc(C(O)c2csc(C)n2)c1. The highest BCUT2D eigenvalue weighted by molar-refractivity contribution is 7.09. The van der Waals surface area contributed by atoms with Gasteiger partial charge in [-0.15, -0.1) is 11.3 Å². The molecule has 17 heavy (non-hydrogen) atoms. The van der Waals surface area contributed by atoms with Crippen molar-refractivity contribution in [3.8, 4) is 0 Å². The van der Waals surface area contributed by atoms with Crippen molar-refractivity contribution in [1.29, 1.82) is 0 Å². The summed E-state index contributed by atoms with van der Waals surface area (Å²) in [5.41, 5.74) is 2.96. The van der Waals surface area contributed by atoms with E-state index in [1.54, 1.807) is 11.3 Å². The summed E-state index contributed by atoms with van der Waals surface area (Å²) in [5, 5.41) is 13.2. The lowest BCUT2D eigenvalue weighted by Gasteiger charge is -2.09. The van der Waals surface area contributed by atoms with Crippen LogP contribution in [0.1, 0.15) is 41.3 Å². The third-order valence-corrected chi connectivity index (χ3v) is 3.51. The van der Waals surface area contributed by atoms with E-state index in [1.165, 1.54) is 5.56 Å². The third kappa shape index (κ3) is 2.93. The van der Waals surface area contributed by atoms with E-state index in [2.05, 4.69) is 24.0 Å². The maximum Gasteiger partial charge on any atom is 0.122 e. The van der Waals surface area contributed by atoms with Gasteiger partial charge in [0.05, 0.1) is 10.7 Å². The number of benzene rings is 1. The van der Waals surface area contributed by atoms with Crippen LogP contribution in [-0.2, 0) is 6.42 Å². The Balaban J connectivity index is 2.24. The molecule has 2 aromatic rings. The lowest BCUT2D eigenvalue weighted by Crippen LogP contribution is -2.01. The molecular formula is C14H17NOS. The van der Waals surface area contributed by atoms with E-state index >= 15 is 0 Å². The summed E-state index contributed by atoms with van der Waals surface area (Å²) in [5.74, 6) is 0. The number of hydrogen-bond acceptors (Lipinski definition) is 3. The van der Waals surface area contributed by atoms with Crippen molar-refractivity contribution in [1.82, 2.24) is 4.98 Å². The minimum Gasteiger partial charge on any atom is -0.382 e. The first-order chi connectivity index (χ1) is 8.20. The molecule has 1 N–H and O–H groups in total. The second kappa shape index (κ2) is 5.43. The first kappa shape index (κ1) is 12.3. The summed E-state index contributed by atoms with van der Waals surface area (Å²) in [4.78, 5) is 4.33. The normalized spacial score (nSPS) is 12.6. The zero-order chi connectivity index (χ0) is 12.3. The first-order valence-corrected chi connectivity index (χ1v) is 6.77. The molecule has 0 bridgehead atoms. The molecule has 1 unspecified atom stereocenters. The lowest BCUT2D eigenvalue weighted by molar-refractivity contribution is 0.216. The number of thiazole rings is 1. The average Bonchev–Trinajstić information content (AvgIpc) is 2.76. The van der Waals surface area contributed by atoms with Crippen molar-refractivity contribution in [2.24, 2.45) is 0 Å². The molecule has 0 saturated carbocycles. The summed E-state index contributed by atoms with van der Waals surface area (Å²) in [6.07, 6.45) is 1.57. The van der Waals surface area contributed by atoms with Gasteiger partial charge in [0.1, 0.15) is 6.10 Å². The summed E-state index contributed by atoms with van der Waals surface area (Å²) in [7, 11) is 0. The Labute approximate surface area is 106 Å². The summed E-state index contributed by atoms with van der Waals surface area (Å²) in [6, 6.07) is 8.14.